The van der Waals surface area contributed by atoms with E-state index in [1.807, 2.05) is 0 Å². The van der Waals surface area contributed by atoms with Gasteiger partial charge in [0.2, 0.25) is 0 Å². The van der Waals surface area contributed by atoms with E-state index < -0.39 is 12.2 Å². The van der Waals surface area contributed by atoms with Gasteiger partial charge in [-0.05, 0) is 30.3 Å². The number of halogens is 5. The average Bonchev–Trinajstić information content (AvgIpc) is 2.66. The summed E-state index contributed by atoms with van der Waals surface area (Å²) in [6.45, 7) is -2.61. The number of rotatable bonds is 6. The number of pyridine rings is 1. The van der Waals surface area contributed by atoms with Gasteiger partial charge in [-0.3, -0.25) is 9.78 Å². The zero-order valence-corrected chi connectivity index (χ0v) is 16.1. The number of benzene rings is 1. The smallest absolute Gasteiger partial charge is 0.387 e. The molecule has 0 bridgehead atoms. The molecule has 0 atom stereocenters. The highest BCUT2D eigenvalue weighted by molar-refractivity contribution is 6.41. The molecule has 6 nitrogen and oxygen atoms in total. The first kappa shape index (κ1) is 20.3. The van der Waals surface area contributed by atoms with Crippen molar-refractivity contribution < 1.29 is 13.5 Å². The molecule has 0 saturated carbocycles. The SMILES string of the molecule is O=c1c(Cl)c(Cl)cnn1-c1ccc(NCc2ccc(OC(F)F)cn2)c(Cl)c1. The lowest BCUT2D eigenvalue weighted by Crippen LogP contribution is -2.21. The van der Waals surface area contributed by atoms with Crippen LogP contribution in [0.5, 0.6) is 5.75 Å². The van der Waals surface area contributed by atoms with Gasteiger partial charge in [0.05, 0.1) is 46.1 Å². The molecule has 1 N–H and O–H groups in total. The highest BCUT2D eigenvalue weighted by Crippen LogP contribution is 2.25. The van der Waals surface area contributed by atoms with E-state index in [-0.39, 0.29) is 15.8 Å². The maximum Gasteiger partial charge on any atom is 0.387 e. The molecule has 0 aliphatic carbocycles. The van der Waals surface area contributed by atoms with Gasteiger partial charge in [0.1, 0.15) is 10.8 Å². The summed E-state index contributed by atoms with van der Waals surface area (Å²) < 4.78 is 29.6. The average molecular weight is 448 g/mol. The summed E-state index contributed by atoms with van der Waals surface area (Å²) in [5.74, 6) is -0.0271. The molecule has 11 heteroatoms. The van der Waals surface area contributed by atoms with Crippen LogP contribution in [0.15, 0.2) is 47.5 Å². The van der Waals surface area contributed by atoms with Crippen molar-refractivity contribution in [2.75, 3.05) is 5.32 Å². The lowest BCUT2D eigenvalue weighted by Gasteiger charge is -2.11. The maximum absolute atomic E-state index is 12.2. The molecule has 2 aromatic heterocycles. The van der Waals surface area contributed by atoms with Gasteiger partial charge >= 0.3 is 6.61 Å². The predicted molar refractivity (Wildman–Crippen MR) is 103 cm³/mol. The molecule has 0 radical (unpaired) electrons. The van der Waals surface area contributed by atoms with Gasteiger partial charge in [-0.2, -0.15) is 18.6 Å². The molecule has 3 aromatic rings. The minimum Gasteiger partial charge on any atom is -0.433 e. The minimum atomic E-state index is -2.90. The number of aromatic nitrogens is 3. The fourth-order valence-electron chi connectivity index (χ4n) is 2.25. The highest BCUT2D eigenvalue weighted by Gasteiger charge is 2.11. The number of ether oxygens (including phenoxy) is 1. The van der Waals surface area contributed by atoms with Crippen LogP contribution < -0.4 is 15.6 Å². The van der Waals surface area contributed by atoms with Crippen LogP contribution in [0.3, 0.4) is 0 Å². The molecule has 0 amide bonds. The summed E-state index contributed by atoms with van der Waals surface area (Å²) in [5, 5.41) is 7.25. The van der Waals surface area contributed by atoms with E-state index in [1.165, 1.54) is 24.5 Å². The Morgan fingerprint density at radius 1 is 1.11 bits per heavy atom. The molecule has 0 spiro atoms. The fourth-order valence-corrected chi connectivity index (χ4v) is 2.74. The molecule has 0 aliphatic heterocycles. The van der Waals surface area contributed by atoms with Crippen molar-refractivity contribution in [2.45, 2.75) is 13.2 Å². The lowest BCUT2D eigenvalue weighted by atomic mass is 10.2. The van der Waals surface area contributed by atoms with E-state index in [0.717, 1.165) is 4.68 Å². The Labute approximate surface area is 172 Å². The second-order valence-electron chi connectivity index (χ2n) is 5.40. The Morgan fingerprint density at radius 2 is 1.89 bits per heavy atom. The summed E-state index contributed by atoms with van der Waals surface area (Å²) in [5.41, 5.74) is 1.00. The van der Waals surface area contributed by atoms with Crippen LogP contribution in [-0.4, -0.2) is 21.4 Å². The quantitative estimate of drug-likeness (QED) is 0.588. The van der Waals surface area contributed by atoms with E-state index in [0.29, 0.717) is 28.6 Å². The van der Waals surface area contributed by atoms with Gasteiger partial charge in [-0.1, -0.05) is 34.8 Å². The molecule has 0 unspecified atom stereocenters. The molecular weight excluding hydrogens is 437 g/mol. The summed E-state index contributed by atoms with van der Waals surface area (Å²) in [7, 11) is 0. The Balaban J connectivity index is 1.73. The van der Waals surface area contributed by atoms with Crippen LogP contribution in [0, 0.1) is 0 Å². The Hall–Kier alpha value is -2.42. The normalized spacial score (nSPS) is 10.9. The number of nitrogens with one attached hydrogen (secondary N) is 1. The third-order valence-corrected chi connectivity index (χ3v) is 4.62. The zero-order chi connectivity index (χ0) is 20.3. The van der Waals surface area contributed by atoms with Gasteiger partial charge in [0.15, 0.2) is 0 Å². The van der Waals surface area contributed by atoms with E-state index in [4.69, 9.17) is 34.8 Å². The van der Waals surface area contributed by atoms with Crippen LogP contribution in [0.25, 0.3) is 5.69 Å². The van der Waals surface area contributed by atoms with Crippen LogP contribution in [0.2, 0.25) is 15.1 Å². The highest BCUT2D eigenvalue weighted by atomic mass is 35.5. The number of hydrogen-bond donors (Lipinski definition) is 1. The standard InChI is InChI=1S/C17H11Cl3F2N4O2/c18-12-5-10(26-16(27)15(20)13(19)8-25-26)2-4-14(12)24-6-9-1-3-11(7-23-9)28-17(21)22/h1-5,7-8,17,24H,6H2. The van der Waals surface area contributed by atoms with Crippen molar-refractivity contribution in [3.63, 3.8) is 0 Å². The third-order valence-electron chi connectivity index (χ3n) is 3.56. The zero-order valence-electron chi connectivity index (χ0n) is 13.9. The first-order valence-corrected chi connectivity index (χ1v) is 8.85. The van der Waals surface area contributed by atoms with Gasteiger partial charge in [-0.15, -0.1) is 0 Å². The van der Waals surface area contributed by atoms with Crippen LogP contribution in [-0.2, 0) is 6.54 Å². The van der Waals surface area contributed by atoms with E-state index in [1.54, 1.807) is 18.2 Å². The molecule has 1 aromatic carbocycles. The second kappa shape index (κ2) is 8.72. The maximum atomic E-state index is 12.2. The molecule has 2 heterocycles. The largest absolute Gasteiger partial charge is 0.433 e. The van der Waals surface area contributed by atoms with Crippen molar-refractivity contribution in [1.82, 2.24) is 14.8 Å². The molecule has 0 saturated heterocycles. The Morgan fingerprint density at radius 3 is 2.54 bits per heavy atom. The Kier molecular flexibility index (Phi) is 6.33. The van der Waals surface area contributed by atoms with Crippen molar-refractivity contribution in [3.8, 4) is 11.4 Å². The number of hydrogen-bond acceptors (Lipinski definition) is 5. The first-order valence-electron chi connectivity index (χ1n) is 7.72. The third kappa shape index (κ3) is 4.70. The van der Waals surface area contributed by atoms with Crippen molar-refractivity contribution >= 4 is 40.5 Å². The molecular formula is C17H11Cl3F2N4O2. The summed E-state index contributed by atoms with van der Waals surface area (Å²) in [6.07, 6.45) is 2.47. The fraction of sp³-hybridized carbons (Fsp3) is 0.118. The summed E-state index contributed by atoms with van der Waals surface area (Å²) >= 11 is 17.9. The first-order chi connectivity index (χ1) is 13.3. The van der Waals surface area contributed by atoms with Gasteiger partial charge in [0.25, 0.3) is 5.56 Å². The van der Waals surface area contributed by atoms with Crippen LogP contribution >= 0.6 is 34.8 Å². The number of alkyl halides is 2. The van der Waals surface area contributed by atoms with E-state index in [2.05, 4.69) is 20.1 Å². The van der Waals surface area contributed by atoms with Crippen molar-refractivity contribution in [3.05, 3.63) is 73.8 Å². The van der Waals surface area contributed by atoms with Crippen LogP contribution in [0.4, 0.5) is 14.5 Å². The van der Waals surface area contributed by atoms with E-state index >= 15 is 0 Å². The van der Waals surface area contributed by atoms with Crippen LogP contribution in [0.1, 0.15) is 5.69 Å². The molecule has 28 heavy (non-hydrogen) atoms. The van der Waals surface area contributed by atoms with Gasteiger partial charge in [0, 0.05) is 0 Å². The monoisotopic (exact) mass is 446 g/mol. The molecule has 0 aliphatic rings. The molecule has 146 valence electrons. The topological polar surface area (TPSA) is 69.0 Å². The second-order valence-corrected chi connectivity index (χ2v) is 6.60. The van der Waals surface area contributed by atoms with Gasteiger partial charge in [-0.25, -0.2) is 0 Å². The summed E-state index contributed by atoms with van der Waals surface area (Å²) in [4.78, 5) is 16.2. The van der Waals surface area contributed by atoms with Crippen molar-refractivity contribution in [1.29, 1.82) is 0 Å². The molecule has 0 fully saturated rings. The van der Waals surface area contributed by atoms with Crippen molar-refractivity contribution in [2.24, 2.45) is 0 Å². The summed E-state index contributed by atoms with van der Waals surface area (Å²) in [6, 6.07) is 7.76. The Bertz CT molecular complexity index is 1050. The molecule has 3 rings (SSSR count). The number of anilines is 1. The minimum absolute atomic E-state index is 0.0271. The van der Waals surface area contributed by atoms with E-state index in [9.17, 15) is 13.6 Å². The predicted octanol–water partition coefficient (Wildman–Crippen LogP) is 4.80. The lowest BCUT2D eigenvalue weighted by molar-refractivity contribution is -0.0500. The van der Waals surface area contributed by atoms with Gasteiger partial charge < -0.3 is 10.1 Å². The number of nitrogens with zero attached hydrogens (tertiary/aromatic N) is 3.